The van der Waals surface area contributed by atoms with Gasteiger partial charge in [-0.1, -0.05) is 36.4 Å². The van der Waals surface area contributed by atoms with E-state index in [1.807, 2.05) is 12.1 Å². The number of nitrogens with zero attached hydrogens (tertiary/aromatic N) is 1. The van der Waals surface area contributed by atoms with Gasteiger partial charge in [0.25, 0.3) is 0 Å². The number of anilines is 1. The Kier molecular flexibility index (Phi) is 6.26. The predicted molar refractivity (Wildman–Crippen MR) is 97.0 cm³/mol. The van der Waals surface area contributed by atoms with Gasteiger partial charge in [0.2, 0.25) is 0 Å². The quantitative estimate of drug-likeness (QED) is 0.439. The molecule has 0 unspecified atom stereocenters. The van der Waals surface area contributed by atoms with Crippen molar-refractivity contribution in [2.45, 2.75) is 39.5 Å². The molecule has 0 atom stereocenters. The fourth-order valence-corrected chi connectivity index (χ4v) is 3.25. The van der Waals surface area contributed by atoms with Crippen molar-refractivity contribution in [1.82, 2.24) is 4.90 Å². The van der Waals surface area contributed by atoms with Gasteiger partial charge in [0.1, 0.15) is 0 Å². The summed E-state index contributed by atoms with van der Waals surface area (Å²) in [6.07, 6.45) is 8.96. The van der Waals surface area contributed by atoms with Crippen LogP contribution in [0, 0.1) is 12.8 Å². The summed E-state index contributed by atoms with van der Waals surface area (Å²) in [5, 5.41) is 0. The van der Waals surface area contributed by atoms with E-state index >= 15 is 0 Å². The first-order valence-electron chi connectivity index (χ1n) is 8.44. The standard InChI is InChI=1S/C20H30N2/c1-4-8-16(2)9-5-6-12-22-14-18(15-22)13-19-10-7-11-20(21)17(19)3/h4,7-8,10-11,18H,1,5-6,9,12-15,21H2,2-3H3/b16-8+. The molecule has 1 heterocycles. The number of likely N-dealkylation sites (tertiary alicyclic amines) is 1. The lowest BCUT2D eigenvalue weighted by atomic mass is 9.89. The zero-order valence-corrected chi connectivity index (χ0v) is 14.1. The van der Waals surface area contributed by atoms with E-state index in [0.29, 0.717) is 0 Å². The molecule has 1 aromatic carbocycles. The lowest BCUT2D eigenvalue weighted by Gasteiger charge is -2.39. The third kappa shape index (κ3) is 4.74. The highest BCUT2D eigenvalue weighted by Gasteiger charge is 2.26. The second-order valence-electron chi connectivity index (χ2n) is 6.67. The third-order valence-corrected chi connectivity index (χ3v) is 4.73. The highest BCUT2D eigenvalue weighted by atomic mass is 15.2. The molecule has 2 rings (SSSR count). The molecule has 1 saturated heterocycles. The van der Waals surface area contributed by atoms with E-state index in [-0.39, 0.29) is 0 Å². The first-order valence-corrected chi connectivity index (χ1v) is 8.44. The summed E-state index contributed by atoms with van der Waals surface area (Å²) >= 11 is 0. The van der Waals surface area contributed by atoms with Crippen LogP contribution in [-0.4, -0.2) is 24.5 Å². The summed E-state index contributed by atoms with van der Waals surface area (Å²) in [5.41, 5.74) is 11.0. The molecule has 1 aliphatic heterocycles. The highest BCUT2D eigenvalue weighted by Crippen LogP contribution is 2.24. The third-order valence-electron chi connectivity index (χ3n) is 4.73. The van der Waals surface area contributed by atoms with Crippen LogP contribution >= 0.6 is 0 Å². The molecule has 2 nitrogen and oxygen atoms in total. The van der Waals surface area contributed by atoms with E-state index in [1.54, 1.807) is 0 Å². The smallest absolute Gasteiger partial charge is 0.0346 e. The lowest BCUT2D eigenvalue weighted by Crippen LogP contribution is -2.47. The van der Waals surface area contributed by atoms with E-state index < -0.39 is 0 Å². The van der Waals surface area contributed by atoms with Crippen molar-refractivity contribution >= 4 is 5.69 Å². The topological polar surface area (TPSA) is 29.3 Å². The van der Waals surface area contributed by atoms with Crippen LogP contribution in [0.25, 0.3) is 0 Å². The number of hydrogen-bond donors (Lipinski definition) is 1. The number of hydrogen-bond acceptors (Lipinski definition) is 2. The monoisotopic (exact) mass is 298 g/mol. The average Bonchev–Trinajstić information content (AvgIpc) is 2.45. The summed E-state index contributed by atoms with van der Waals surface area (Å²) in [6, 6.07) is 6.30. The number of unbranched alkanes of at least 4 members (excludes halogenated alkanes) is 1. The molecule has 0 amide bonds. The minimum absolute atomic E-state index is 0.808. The Hall–Kier alpha value is -1.54. The van der Waals surface area contributed by atoms with Crippen LogP contribution in [0.4, 0.5) is 5.69 Å². The Labute approximate surface area is 135 Å². The van der Waals surface area contributed by atoms with Gasteiger partial charge in [-0.3, -0.25) is 0 Å². The minimum Gasteiger partial charge on any atom is -0.399 e. The predicted octanol–water partition coefficient (Wildman–Crippen LogP) is 4.35. The van der Waals surface area contributed by atoms with Gasteiger partial charge in [-0.05, 0) is 69.2 Å². The first-order chi connectivity index (χ1) is 10.6. The van der Waals surface area contributed by atoms with Crippen LogP contribution < -0.4 is 5.73 Å². The average molecular weight is 298 g/mol. The van der Waals surface area contributed by atoms with E-state index in [0.717, 1.165) is 11.6 Å². The Morgan fingerprint density at radius 3 is 2.86 bits per heavy atom. The van der Waals surface area contributed by atoms with Crippen molar-refractivity contribution in [3.05, 3.63) is 53.6 Å². The second-order valence-corrected chi connectivity index (χ2v) is 6.67. The molecule has 0 aliphatic carbocycles. The molecule has 1 aliphatic rings. The SMILES string of the molecule is C=C/C=C(\C)CCCCN1CC(Cc2cccc(N)c2C)C1. The van der Waals surface area contributed by atoms with Gasteiger partial charge in [0.15, 0.2) is 0 Å². The fraction of sp³-hybridized carbons (Fsp3) is 0.500. The number of nitrogen functional groups attached to an aromatic ring is 1. The fourth-order valence-electron chi connectivity index (χ4n) is 3.25. The van der Waals surface area contributed by atoms with Gasteiger partial charge < -0.3 is 10.6 Å². The molecule has 0 saturated carbocycles. The van der Waals surface area contributed by atoms with Crippen molar-refractivity contribution < 1.29 is 0 Å². The minimum atomic E-state index is 0.808. The van der Waals surface area contributed by atoms with Crippen molar-refractivity contribution in [2.75, 3.05) is 25.4 Å². The van der Waals surface area contributed by atoms with Crippen LogP contribution in [0.2, 0.25) is 0 Å². The van der Waals surface area contributed by atoms with Crippen LogP contribution in [0.5, 0.6) is 0 Å². The molecule has 1 aromatic rings. The molecule has 0 aromatic heterocycles. The molecular weight excluding hydrogens is 268 g/mol. The summed E-state index contributed by atoms with van der Waals surface area (Å²) in [5.74, 6) is 0.808. The first kappa shape index (κ1) is 16.8. The maximum absolute atomic E-state index is 5.99. The summed E-state index contributed by atoms with van der Waals surface area (Å²) < 4.78 is 0. The van der Waals surface area contributed by atoms with Gasteiger partial charge >= 0.3 is 0 Å². The zero-order valence-electron chi connectivity index (χ0n) is 14.1. The summed E-state index contributed by atoms with van der Waals surface area (Å²) in [6.45, 7) is 11.8. The van der Waals surface area contributed by atoms with Gasteiger partial charge in [-0.2, -0.15) is 0 Å². The van der Waals surface area contributed by atoms with Crippen molar-refractivity contribution in [3.8, 4) is 0 Å². The molecule has 22 heavy (non-hydrogen) atoms. The largest absolute Gasteiger partial charge is 0.399 e. The summed E-state index contributed by atoms with van der Waals surface area (Å²) in [4.78, 5) is 2.58. The Bertz CT molecular complexity index is 525. The summed E-state index contributed by atoms with van der Waals surface area (Å²) in [7, 11) is 0. The van der Waals surface area contributed by atoms with Crippen LogP contribution in [0.1, 0.15) is 37.3 Å². The zero-order chi connectivity index (χ0) is 15.9. The lowest BCUT2D eigenvalue weighted by molar-refractivity contribution is 0.0986. The van der Waals surface area contributed by atoms with Crippen LogP contribution in [0.3, 0.4) is 0 Å². The molecular formula is C20H30N2. The number of nitrogens with two attached hydrogens (primary N) is 1. The molecule has 0 spiro atoms. The number of benzene rings is 1. The van der Waals surface area contributed by atoms with Gasteiger partial charge in [-0.25, -0.2) is 0 Å². The van der Waals surface area contributed by atoms with E-state index in [9.17, 15) is 0 Å². The number of allylic oxidation sites excluding steroid dienone is 3. The van der Waals surface area contributed by atoms with Crippen molar-refractivity contribution in [1.29, 1.82) is 0 Å². The molecule has 1 fully saturated rings. The van der Waals surface area contributed by atoms with Crippen LogP contribution in [0.15, 0.2) is 42.5 Å². The highest BCUT2D eigenvalue weighted by molar-refractivity contribution is 5.50. The van der Waals surface area contributed by atoms with Crippen molar-refractivity contribution in [3.63, 3.8) is 0 Å². The molecule has 2 N–H and O–H groups in total. The van der Waals surface area contributed by atoms with Gasteiger partial charge in [0, 0.05) is 18.8 Å². The Balaban J connectivity index is 1.63. The molecule has 2 heteroatoms. The van der Waals surface area contributed by atoms with Gasteiger partial charge in [0.05, 0.1) is 0 Å². The van der Waals surface area contributed by atoms with E-state index in [1.165, 1.54) is 62.0 Å². The normalized spacial score (nSPS) is 16.5. The molecule has 0 bridgehead atoms. The van der Waals surface area contributed by atoms with Crippen LogP contribution in [-0.2, 0) is 6.42 Å². The van der Waals surface area contributed by atoms with Crippen molar-refractivity contribution in [2.24, 2.45) is 5.92 Å². The van der Waals surface area contributed by atoms with Gasteiger partial charge in [-0.15, -0.1) is 0 Å². The maximum Gasteiger partial charge on any atom is 0.0346 e. The Morgan fingerprint density at radius 1 is 1.36 bits per heavy atom. The molecule has 0 radical (unpaired) electrons. The number of rotatable bonds is 8. The Morgan fingerprint density at radius 2 is 2.14 bits per heavy atom. The molecule has 120 valence electrons. The van der Waals surface area contributed by atoms with E-state index in [2.05, 4.69) is 43.5 Å². The second kappa shape index (κ2) is 8.19. The van der Waals surface area contributed by atoms with E-state index in [4.69, 9.17) is 5.73 Å². The maximum atomic E-state index is 5.99.